The molecule has 1 aliphatic carbocycles. The smallest absolute Gasteiger partial charge is 0.336 e. The first-order valence-electron chi connectivity index (χ1n) is 5.17. The van der Waals surface area contributed by atoms with Gasteiger partial charge in [-0.3, -0.25) is 0 Å². The van der Waals surface area contributed by atoms with Crippen molar-refractivity contribution in [1.82, 2.24) is 0 Å². The molecule has 1 atom stereocenters. The Bertz CT molecular complexity index is 393. The fourth-order valence-electron chi connectivity index (χ4n) is 2.64. The molecule has 1 aromatic rings. The lowest BCUT2D eigenvalue weighted by Gasteiger charge is -2.30. The number of hydrogen-bond acceptors (Lipinski definition) is 2. The molecule has 0 amide bonds. The minimum Gasteiger partial charge on any atom is -0.479 e. The molecule has 1 unspecified atom stereocenters. The van der Waals surface area contributed by atoms with Crippen molar-refractivity contribution in [3.05, 3.63) is 35.9 Å². The van der Waals surface area contributed by atoms with E-state index in [1.54, 1.807) is 0 Å². The van der Waals surface area contributed by atoms with Crippen LogP contribution in [0.5, 0.6) is 0 Å². The maximum atomic E-state index is 11.0. The molecule has 3 nitrogen and oxygen atoms in total. The second kappa shape index (κ2) is 2.83. The lowest BCUT2D eigenvalue weighted by molar-refractivity contribution is -0.164. The Kier molecular flexibility index (Phi) is 1.68. The highest BCUT2D eigenvalue weighted by Crippen LogP contribution is 2.58. The van der Waals surface area contributed by atoms with Crippen molar-refractivity contribution in [2.45, 2.75) is 24.5 Å². The van der Waals surface area contributed by atoms with Crippen LogP contribution in [0.25, 0.3) is 0 Å². The zero-order chi connectivity index (χ0) is 10.5. The van der Waals surface area contributed by atoms with E-state index in [9.17, 15) is 4.79 Å². The molecule has 2 aliphatic heterocycles. The largest absolute Gasteiger partial charge is 0.479 e. The van der Waals surface area contributed by atoms with Crippen molar-refractivity contribution in [3.8, 4) is 0 Å². The summed E-state index contributed by atoms with van der Waals surface area (Å²) in [5.41, 5.74) is 0.230. The second-order valence-corrected chi connectivity index (χ2v) is 4.42. The predicted molar refractivity (Wildman–Crippen MR) is 53.4 cm³/mol. The molecule has 0 radical (unpaired) electrons. The molecule has 2 heterocycles. The van der Waals surface area contributed by atoms with Crippen molar-refractivity contribution in [2.75, 3.05) is 0 Å². The fourth-order valence-corrected chi connectivity index (χ4v) is 2.64. The minimum atomic E-state index is -0.870. The highest BCUT2D eigenvalue weighted by atomic mass is 16.6. The van der Waals surface area contributed by atoms with E-state index in [2.05, 4.69) is 0 Å². The summed E-state index contributed by atoms with van der Waals surface area (Å²) >= 11 is 0. The number of rotatable bonds is 2. The molecule has 1 saturated carbocycles. The van der Waals surface area contributed by atoms with Crippen LogP contribution in [0.2, 0.25) is 0 Å². The molecule has 0 aromatic heterocycles. The molecule has 1 N–H and O–H groups in total. The highest BCUT2D eigenvalue weighted by Gasteiger charge is 2.62. The number of aliphatic carboxylic acids is 1. The summed E-state index contributed by atoms with van der Waals surface area (Å²) in [7, 11) is 0. The normalized spacial score (nSPS) is 37.3. The molecule has 78 valence electrons. The van der Waals surface area contributed by atoms with Crippen LogP contribution in [0.15, 0.2) is 30.3 Å². The van der Waals surface area contributed by atoms with Gasteiger partial charge in [-0.25, -0.2) is 4.79 Å². The van der Waals surface area contributed by atoms with Gasteiger partial charge in [-0.15, -0.1) is 0 Å². The molecule has 0 spiro atoms. The monoisotopic (exact) mass is 204 g/mol. The fraction of sp³-hybridized carbons (Fsp3) is 0.417. The van der Waals surface area contributed by atoms with Gasteiger partial charge in [0.1, 0.15) is 0 Å². The summed E-state index contributed by atoms with van der Waals surface area (Å²) in [5, 5.41) is 9.05. The topological polar surface area (TPSA) is 46.5 Å². The van der Waals surface area contributed by atoms with E-state index in [4.69, 9.17) is 9.84 Å². The molecule has 2 saturated heterocycles. The van der Waals surface area contributed by atoms with Gasteiger partial charge < -0.3 is 9.84 Å². The molecule has 3 aliphatic rings. The van der Waals surface area contributed by atoms with E-state index in [1.807, 2.05) is 30.3 Å². The molecule has 3 fully saturated rings. The minimum absolute atomic E-state index is 0.0118. The number of benzene rings is 1. The van der Waals surface area contributed by atoms with Gasteiger partial charge in [0.15, 0.2) is 5.60 Å². The van der Waals surface area contributed by atoms with Crippen LogP contribution in [-0.2, 0) is 9.53 Å². The lowest BCUT2D eigenvalue weighted by Crippen LogP contribution is -2.44. The molecule has 4 rings (SSSR count). The van der Waals surface area contributed by atoms with Crippen LogP contribution in [0.4, 0.5) is 0 Å². The molecule has 15 heavy (non-hydrogen) atoms. The van der Waals surface area contributed by atoms with Gasteiger partial charge in [0.25, 0.3) is 0 Å². The predicted octanol–water partition coefficient (Wildman–Crippen LogP) is 1.99. The summed E-state index contributed by atoms with van der Waals surface area (Å²) in [4.78, 5) is 11.0. The van der Waals surface area contributed by atoms with Gasteiger partial charge in [0, 0.05) is 0 Å². The van der Waals surface area contributed by atoms with E-state index in [1.165, 1.54) is 0 Å². The quantitative estimate of drug-likeness (QED) is 0.801. The first-order valence-corrected chi connectivity index (χ1v) is 5.17. The van der Waals surface area contributed by atoms with E-state index in [0.29, 0.717) is 18.8 Å². The summed E-state index contributed by atoms with van der Waals surface area (Å²) in [6.45, 7) is 0. The van der Waals surface area contributed by atoms with Gasteiger partial charge >= 0.3 is 5.97 Å². The Morgan fingerprint density at radius 1 is 1.33 bits per heavy atom. The van der Waals surface area contributed by atoms with Crippen molar-refractivity contribution in [1.29, 1.82) is 0 Å². The van der Waals surface area contributed by atoms with Crippen molar-refractivity contribution >= 4 is 5.97 Å². The van der Waals surface area contributed by atoms with Crippen molar-refractivity contribution in [3.63, 3.8) is 0 Å². The number of carboxylic acids is 1. The van der Waals surface area contributed by atoms with E-state index in [-0.39, 0.29) is 6.10 Å². The summed E-state index contributed by atoms with van der Waals surface area (Å²) in [6, 6.07) is 9.88. The maximum absolute atomic E-state index is 11.0. The van der Waals surface area contributed by atoms with Crippen molar-refractivity contribution < 1.29 is 14.6 Å². The van der Waals surface area contributed by atoms with E-state index in [0.717, 1.165) is 5.56 Å². The average molecular weight is 204 g/mol. The Labute approximate surface area is 87.7 Å². The summed E-state index contributed by atoms with van der Waals surface area (Å²) in [5.74, 6) is -0.416. The average Bonchev–Trinajstić information content (AvgIpc) is 2.73. The van der Waals surface area contributed by atoms with Crippen molar-refractivity contribution in [2.24, 2.45) is 5.92 Å². The van der Waals surface area contributed by atoms with E-state index < -0.39 is 11.6 Å². The van der Waals surface area contributed by atoms with Crippen LogP contribution < -0.4 is 0 Å². The Hall–Kier alpha value is -1.35. The van der Waals surface area contributed by atoms with Crippen LogP contribution in [0.1, 0.15) is 24.5 Å². The van der Waals surface area contributed by atoms with Gasteiger partial charge in [-0.2, -0.15) is 0 Å². The molecular weight excluding hydrogens is 192 g/mol. The van der Waals surface area contributed by atoms with Crippen LogP contribution in [0, 0.1) is 5.92 Å². The number of hydrogen-bond donors (Lipinski definition) is 1. The van der Waals surface area contributed by atoms with Gasteiger partial charge in [-0.1, -0.05) is 30.3 Å². The zero-order valence-corrected chi connectivity index (χ0v) is 8.22. The Morgan fingerprint density at radius 2 is 2.00 bits per heavy atom. The Balaban J connectivity index is 1.86. The second-order valence-electron chi connectivity index (χ2n) is 4.42. The highest BCUT2D eigenvalue weighted by molar-refractivity contribution is 5.79. The molecule has 1 aromatic carbocycles. The first kappa shape index (κ1) is 8.92. The first-order chi connectivity index (χ1) is 7.21. The maximum Gasteiger partial charge on any atom is 0.336 e. The molecule has 3 heteroatoms. The third kappa shape index (κ3) is 1.13. The zero-order valence-electron chi connectivity index (χ0n) is 8.22. The van der Waals surface area contributed by atoms with Gasteiger partial charge in [0.2, 0.25) is 0 Å². The van der Waals surface area contributed by atoms with Crippen LogP contribution in [-0.4, -0.2) is 16.7 Å². The number of carboxylic acid groups (broad SMARTS) is 1. The summed E-state index contributed by atoms with van der Waals surface area (Å²) in [6.07, 6.45) is 1.33. The SMILES string of the molecule is O=C(O)C12CC(C1)C(c1ccccc1)O2. The van der Waals surface area contributed by atoms with E-state index >= 15 is 0 Å². The van der Waals surface area contributed by atoms with Crippen LogP contribution >= 0.6 is 0 Å². The number of carbonyl (C=O) groups is 1. The molecular formula is C12H12O3. The number of fused-ring (bicyclic) bond motifs is 1. The molecule has 2 bridgehead atoms. The van der Waals surface area contributed by atoms with Gasteiger partial charge in [0.05, 0.1) is 6.10 Å². The third-order valence-electron chi connectivity index (χ3n) is 3.48. The lowest BCUT2D eigenvalue weighted by atomic mass is 9.72. The number of ether oxygens (including phenoxy) is 1. The van der Waals surface area contributed by atoms with Crippen LogP contribution in [0.3, 0.4) is 0 Å². The third-order valence-corrected chi connectivity index (χ3v) is 3.48. The summed E-state index contributed by atoms with van der Waals surface area (Å²) < 4.78 is 5.67. The van der Waals surface area contributed by atoms with Gasteiger partial charge in [-0.05, 0) is 24.3 Å². The standard InChI is InChI=1S/C12H12O3/c13-11(14)12-6-9(7-12)10(15-12)8-4-2-1-3-5-8/h1-5,9-10H,6-7H2,(H,13,14). The Morgan fingerprint density at radius 3 is 2.53 bits per heavy atom.